The molecule has 0 saturated heterocycles. The first-order chi connectivity index (χ1) is 11.5. The fraction of sp³-hybridized carbons (Fsp3) is 0.263. The highest BCUT2D eigenvalue weighted by molar-refractivity contribution is 6.39. The Kier molecular flexibility index (Phi) is 6.09. The molecular weight excluding hydrogens is 304 g/mol. The molecule has 3 N–H and O–H groups in total. The normalized spacial score (nSPS) is 11.6. The van der Waals surface area contributed by atoms with E-state index in [0.29, 0.717) is 12.1 Å². The number of benzene rings is 2. The van der Waals surface area contributed by atoms with E-state index < -0.39 is 17.9 Å². The second kappa shape index (κ2) is 8.26. The van der Waals surface area contributed by atoms with E-state index >= 15 is 0 Å². The van der Waals surface area contributed by atoms with Crippen LogP contribution >= 0.6 is 0 Å². The smallest absolute Gasteiger partial charge is 0.313 e. The number of aryl methyl sites for hydroxylation is 1. The van der Waals surface area contributed by atoms with E-state index in [1.165, 1.54) is 0 Å². The summed E-state index contributed by atoms with van der Waals surface area (Å²) in [5, 5.41) is 15.2. The van der Waals surface area contributed by atoms with Gasteiger partial charge in [0.05, 0.1) is 6.10 Å². The highest BCUT2D eigenvalue weighted by atomic mass is 16.3. The molecule has 2 aromatic carbocycles. The van der Waals surface area contributed by atoms with E-state index in [4.69, 9.17) is 0 Å². The molecule has 2 aromatic rings. The quantitative estimate of drug-likeness (QED) is 0.739. The molecule has 0 fully saturated rings. The van der Waals surface area contributed by atoms with Crippen LogP contribution in [0.1, 0.15) is 29.2 Å². The van der Waals surface area contributed by atoms with E-state index in [2.05, 4.69) is 10.6 Å². The number of carbonyl (C=O) groups is 2. The lowest BCUT2D eigenvalue weighted by Gasteiger charge is -2.12. The van der Waals surface area contributed by atoms with Crippen LogP contribution in [0.4, 0.5) is 5.69 Å². The fourth-order valence-corrected chi connectivity index (χ4v) is 2.31. The standard InChI is InChI=1S/C19H22N2O3/c1-13-7-6-10-16(14(13)2)21-19(24)18(23)20-12-11-17(22)15-8-4-3-5-9-15/h3-10,17,22H,11-12H2,1-2H3,(H,20,23)(H,21,24)/t17-/m1/s1. The number of nitrogens with one attached hydrogen (secondary N) is 2. The molecular formula is C19H22N2O3. The van der Waals surface area contributed by atoms with Crippen molar-refractivity contribution < 1.29 is 14.7 Å². The number of carbonyl (C=O) groups excluding carboxylic acids is 2. The Balaban J connectivity index is 1.82. The summed E-state index contributed by atoms with van der Waals surface area (Å²) >= 11 is 0. The van der Waals surface area contributed by atoms with Gasteiger partial charge in [-0.15, -0.1) is 0 Å². The van der Waals surface area contributed by atoms with Gasteiger partial charge in [-0.05, 0) is 43.0 Å². The van der Waals surface area contributed by atoms with Gasteiger partial charge in [-0.1, -0.05) is 42.5 Å². The van der Waals surface area contributed by atoms with Crippen LogP contribution in [0.3, 0.4) is 0 Å². The number of anilines is 1. The number of aliphatic hydroxyl groups is 1. The third-order valence-corrected chi connectivity index (χ3v) is 3.95. The van der Waals surface area contributed by atoms with Crippen LogP contribution in [-0.4, -0.2) is 23.5 Å². The Bertz CT molecular complexity index is 714. The lowest BCUT2D eigenvalue weighted by molar-refractivity contribution is -0.136. The van der Waals surface area contributed by atoms with Gasteiger partial charge >= 0.3 is 11.8 Å². The fourth-order valence-electron chi connectivity index (χ4n) is 2.31. The van der Waals surface area contributed by atoms with Crippen LogP contribution in [0.25, 0.3) is 0 Å². The predicted octanol–water partition coefficient (Wildman–Crippen LogP) is 2.48. The zero-order chi connectivity index (χ0) is 17.5. The summed E-state index contributed by atoms with van der Waals surface area (Å²) in [5.41, 5.74) is 3.38. The molecule has 0 aliphatic carbocycles. The molecule has 0 spiro atoms. The maximum Gasteiger partial charge on any atom is 0.313 e. The van der Waals surface area contributed by atoms with E-state index in [-0.39, 0.29) is 6.54 Å². The van der Waals surface area contributed by atoms with Crippen LogP contribution in [0.5, 0.6) is 0 Å². The Morgan fingerprint density at radius 1 is 1.00 bits per heavy atom. The van der Waals surface area contributed by atoms with Crippen molar-refractivity contribution in [3.63, 3.8) is 0 Å². The van der Waals surface area contributed by atoms with Crippen molar-refractivity contribution in [1.29, 1.82) is 0 Å². The third kappa shape index (κ3) is 4.67. The molecule has 2 rings (SSSR count). The van der Waals surface area contributed by atoms with Crippen LogP contribution < -0.4 is 10.6 Å². The molecule has 5 heteroatoms. The molecule has 0 aliphatic rings. The van der Waals surface area contributed by atoms with Crippen molar-refractivity contribution in [1.82, 2.24) is 5.32 Å². The molecule has 126 valence electrons. The van der Waals surface area contributed by atoms with Crippen LogP contribution in [0, 0.1) is 13.8 Å². The zero-order valence-corrected chi connectivity index (χ0v) is 13.9. The first-order valence-corrected chi connectivity index (χ1v) is 7.87. The molecule has 0 heterocycles. The van der Waals surface area contributed by atoms with Crippen molar-refractivity contribution in [3.05, 3.63) is 65.2 Å². The van der Waals surface area contributed by atoms with Crippen molar-refractivity contribution in [3.8, 4) is 0 Å². The molecule has 2 amide bonds. The number of hydrogen-bond donors (Lipinski definition) is 3. The summed E-state index contributed by atoms with van der Waals surface area (Å²) in [6.45, 7) is 4.05. The highest BCUT2D eigenvalue weighted by Gasteiger charge is 2.15. The summed E-state index contributed by atoms with van der Waals surface area (Å²) in [6, 6.07) is 14.7. The van der Waals surface area contributed by atoms with E-state index in [9.17, 15) is 14.7 Å². The van der Waals surface area contributed by atoms with Gasteiger partial charge in [0.1, 0.15) is 0 Å². The molecule has 0 saturated carbocycles. The third-order valence-electron chi connectivity index (χ3n) is 3.95. The van der Waals surface area contributed by atoms with E-state index in [1.54, 1.807) is 6.07 Å². The minimum atomic E-state index is -0.712. The van der Waals surface area contributed by atoms with Crippen LogP contribution in [-0.2, 0) is 9.59 Å². The Labute approximate surface area is 141 Å². The Morgan fingerprint density at radius 2 is 1.71 bits per heavy atom. The first kappa shape index (κ1) is 17.7. The van der Waals surface area contributed by atoms with Gasteiger partial charge in [-0.3, -0.25) is 9.59 Å². The molecule has 1 atom stereocenters. The monoisotopic (exact) mass is 326 g/mol. The lowest BCUT2D eigenvalue weighted by atomic mass is 10.1. The SMILES string of the molecule is Cc1cccc(NC(=O)C(=O)NCC[C@@H](O)c2ccccc2)c1C. The first-order valence-electron chi connectivity index (χ1n) is 7.87. The van der Waals surface area contributed by atoms with Crippen molar-refractivity contribution in [2.75, 3.05) is 11.9 Å². The van der Waals surface area contributed by atoms with E-state index in [1.807, 2.05) is 56.3 Å². The molecule has 24 heavy (non-hydrogen) atoms. The minimum absolute atomic E-state index is 0.217. The summed E-state index contributed by atoms with van der Waals surface area (Å²) in [7, 11) is 0. The second-order valence-corrected chi connectivity index (χ2v) is 5.67. The topological polar surface area (TPSA) is 78.4 Å². The van der Waals surface area contributed by atoms with Crippen molar-refractivity contribution in [2.45, 2.75) is 26.4 Å². The summed E-state index contributed by atoms with van der Waals surface area (Å²) in [4.78, 5) is 23.8. The summed E-state index contributed by atoms with van der Waals surface area (Å²) < 4.78 is 0. The Hall–Kier alpha value is -2.66. The molecule has 0 radical (unpaired) electrons. The Morgan fingerprint density at radius 3 is 2.42 bits per heavy atom. The van der Waals surface area contributed by atoms with Gasteiger partial charge in [0, 0.05) is 12.2 Å². The van der Waals surface area contributed by atoms with Gasteiger partial charge in [-0.2, -0.15) is 0 Å². The van der Waals surface area contributed by atoms with Crippen molar-refractivity contribution in [2.24, 2.45) is 0 Å². The molecule has 0 bridgehead atoms. The maximum atomic E-state index is 11.9. The molecule has 0 unspecified atom stereocenters. The number of hydrogen-bond acceptors (Lipinski definition) is 3. The van der Waals surface area contributed by atoms with Crippen LogP contribution in [0.15, 0.2) is 48.5 Å². The van der Waals surface area contributed by atoms with Gasteiger partial charge in [0.15, 0.2) is 0 Å². The number of rotatable bonds is 5. The average Bonchev–Trinajstić information content (AvgIpc) is 2.59. The van der Waals surface area contributed by atoms with Gasteiger partial charge in [0.2, 0.25) is 0 Å². The molecule has 0 aromatic heterocycles. The molecule has 0 aliphatic heterocycles. The van der Waals surface area contributed by atoms with Crippen molar-refractivity contribution >= 4 is 17.5 Å². The summed E-state index contributed by atoms with van der Waals surface area (Å²) in [6.07, 6.45) is -0.333. The van der Waals surface area contributed by atoms with Crippen LogP contribution in [0.2, 0.25) is 0 Å². The second-order valence-electron chi connectivity index (χ2n) is 5.67. The maximum absolute atomic E-state index is 11.9. The van der Waals surface area contributed by atoms with Gasteiger partial charge < -0.3 is 15.7 Å². The number of amides is 2. The zero-order valence-electron chi connectivity index (χ0n) is 13.9. The lowest BCUT2D eigenvalue weighted by Crippen LogP contribution is -2.36. The summed E-state index contributed by atoms with van der Waals surface area (Å²) in [5.74, 6) is -1.42. The predicted molar refractivity (Wildman–Crippen MR) is 93.6 cm³/mol. The largest absolute Gasteiger partial charge is 0.388 e. The van der Waals surface area contributed by atoms with E-state index in [0.717, 1.165) is 16.7 Å². The average molecular weight is 326 g/mol. The van der Waals surface area contributed by atoms with Gasteiger partial charge in [-0.25, -0.2) is 0 Å². The minimum Gasteiger partial charge on any atom is -0.388 e. The molecule has 5 nitrogen and oxygen atoms in total. The highest BCUT2D eigenvalue weighted by Crippen LogP contribution is 2.18. The number of aliphatic hydroxyl groups excluding tert-OH is 1. The van der Waals surface area contributed by atoms with Gasteiger partial charge in [0.25, 0.3) is 0 Å².